The van der Waals surface area contributed by atoms with E-state index in [0.29, 0.717) is 19.3 Å². The van der Waals surface area contributed by atoms with Crippen LogP contribution in [0.1, 0.15) is 6.42 Å². The van der Waals surface area contributed by atoms with Crippen LogP contribution in [0.5, 0.6) is 0 Å². The van der Waals surface area contributed by atoms with Crippen LogP contribution in [0.2, 0.25) is 6.04 Å². The zero-order valence-corrected chi connectivity index (χ0v) is 9.89. The average Bonchev–Trinajstić information content (AvgIpc) is 3.08. The third kappa shape index (κ3) is 4.58. The maximum Gasteiger partial charge on any atom is 0.139 e. The van der Waals surface area contributed by atoms with E-state index in [1.54, 1.807) is 0 Å². The minimum absolute atomic E-state index is 0.0638. The van der Waals surface area contributed by atoms with Crippen molar-refractivity contribution in [2.75, 3.05) is 38.5 Å². The van der Waals surface area contributed by atoms with Gasteiger partial charge in [0.15, 0.2) is 0 Å². The molecule has 0 amide bonds. The van der Waals surface area contributed by atoms with Crippen molar-refractivity contribution in [1.29, 1.82) is 0 Å². The average molecular weight is 236 g/mol. The van der Waals surface area contributed by atoms with Crippen LogP contribution < -0.4 is 0 Å². The number of rotatable bonds is 9. The lowest BCUT2D eigenvalue weighted by molar-refractivity contribution is 0.116. The molecule has 1 fully saturated rings. The Morgan fingerprint density at radius 3 is 2.27 bits per heavy atom. The second-order valence-corrected chi connectivity index (χ2v) is 8.56. The normalized spacial score (nSPS) is 20.6. The first-order chi connectivity index (χ1) is 7.26. The molecule has 0 aromatic rings. The van der Waals surface area contributed by atoms with E-state index in [-0.39, 0.29) is 24.8 Å². The fourth-order valence-corrected chi connectivity index (χ4v) is 2.98. The lowest BCUT2D eigenvalue weighted by Crippen LogP contribution is -2.48. The van der Waals surface area contributed by atoms with Crippen LogP contribution in [-0.2, 0) is 9.47 Å². The van der Waals surface area contributed by atoms with E-state index in [1.807, 2.05) is 0 Å². The van der Waals surface area contributed by atoms with Crippen molar-refractivity contribution in [3.63, 3.8) is 0 Å². The molecule has 0 saturated carbocycles. The first kappa shape index (κ1) is 13.1. The molecule has 0 aromatic carbocycles. The summed E-state index contributed by atoms with van der Waals surface area (Å²) in [6.07, 6.45) is 0.865. The van der Waals surface area contributed by atoms with Gasteiger partial charge in [0, 0.05) is 25.3 Å². The number of aliphatic hydroxyl groups is 3. The number of aliphatic hydroxyl groups excluding tert-OH is 3. The van der Waals surface area contributed by atoms with Gasteiger partial charge in [-0.3, -0.25) is 0 Å². The Hall–Kier alpha value is 0.0169. The molecule has 1 rings (SSSR count). The Morgan fingerprint density at radius 1 is 1.20 bits per heavy atom. The smallest absolute Gasteiger partial charge is 0.139 e. The molecule has 0 radical (unpaired) electrons. The standard InChI is InChI=1S/C9H20O5Si/c10-6-15(7-11,8-12)3-1-2-13-4-9-5-14-9/h9-12H,1-8H2. The summed E-state index contributed by atoms with van der Waals surface area (Å²) in [5, 5.41) is 27.3. The summed E-state index contributed by atoms with van der Waals surface area (Å²) in [6, 6.07) is 0.696. The zero-order chi connectivity index (χ0) is 11.1. The summed E-state index contributed by atoms with van der Waals surface area (Å²) in [7, 11) is -2.22. The molecule has 1 unspecified atom stereocenters. The maximum atomic E-state index is 9.11. The van der Waals surface area contributed by atoms with Crippen molar-refractivity contribution in [3.8, 4) is 0 Å². The molecule has 0 aromatic heterocycles. The molecule has 6 heteroatoms. The van der Waals surface area contributed by atoms with E-state index < -0.39 is 8.07 Å². The Kier molecular flexibility index (Phi) is 5.73. The Bertz CT molecular complexity index is 162. The van der Waals surface area contributed by atoms with Gasteiger partial charge in [0.2, 0.25) is 0 Å². The summed E-state index contributed by atoms with van der Waals surface area (Å²) < 4.78 is 10.3. The van der Waals surface area contributed by atoms with Crippen LogP contribution in [0.3, 0.4) is 0 Å². The van der Waals surface area contributed by atoms with Crippen LogP contribution in [0.4, 0.5) is 0 Å². The number of ether oxygens (including phenoxy) is 2. The Labute approximate surface area is 90.6 Å². The minimum atomic E-state index is -2.22. The van der Waals surface area contributed by atoms with Crippen LogP contribution in [-0.4, -0.2) is 68.0 Å². The molecule has 5 nitrogen and oxygen atoms in total. The lowest BCUT2D eigenvalue weighted by atomic mass is 10.5. The maximum absolute atomic E-state index is 9.11. The largest absolute Gasteiger partial charge is 0.399 e. The van der Waals surface area contributed by atoms with Gasteiger partial charge in [-0.05, 0) is 12.5 Å². The third-order valence-electron chi connectivity index (χ3n) is 2.71. The van der Waals surface area contributed by atoms with Gasteiger partial charge < -0.3 is 24.8 Å². The molecule has 0 bridgehead atoms. The van der Waals surface area contributed by atoms with Crippen molar-refractivity contribution in [1.82, 2.24) is 0 Å². The second-order valence-electron chi connectivity index (χ2n) is 4.11. The number of hydrogen-bond donors (Lipinski definition) is 3. The fraction of sp³-hybridized carbons (Fsp3) is 1.00. The zero-order valence-electron chi connectivity index (χ0n) is 8.89. The van der Waals surface area contributed by atoms with E-state index in [0.717, 1.165) is 13.0 Å². The van der Waals surface area contributed by atoms with Crippen molar-refractivity contribution in [3.05, 3.63) is 0 Å². The fourth-order valence-electron chi connectivity index (χ4n) is 1.32. The Morgan fingerprint density at radius 2 is 1.80 bits per heavy atom. The molecule has 1 atom stereocenters. The topological polar surface area (TPSA) is 82.5 Å². The molecule has 1 heterocycles. The first-order valence-corrected chi connectivity index (χ1v) is 8.11. The van der Waals surface area contributed by atoms with Gasteiger partial charge >= 0.3 is 0 Å². The monoisotopic (exact) mass is 236 g/mol. The van der Waals surface area contributed by atoms with Gasteiger partial charge in [-0.1, -0.05) is 0 Å². The molecular weight excluding hydrogens is 216 g/mol. The predicted molar refractivity (Wildman–Crippen MR) is 57.0 cm³/mol. The molecule has 3 N–H and O–H groups in total. The number of epoxide rings is 1. The molecule has 15 heavy (non-hydrogen) atoms. The quantitative estimate of drug-likeness (QED) is 0.267. The van der Waals surface area contributed by atoms with Gasteiger partial charge in [-0.25, -0.2) is 0 Å². The van der Waals surface area contributed by atoms with Crippen molar-refractivity contribution < 1.29 is 24.8 Å². The molecule has 90 valence electrons. The molecule has 1 aliphatic heterocycles. The number of hydrogen-bond acceptors (Lipinski definition) is 5. The van der Waals surface area contributed by atoms with Crippen LogP contribution in [0.25, 0.3) is 0 Å². The van der Waals surface area contributed by atoms with E-state index >= 15 is 0 Å². The van der Waals surface area contributed by atoms with E-state index in [9.17, 15) is 0 Å². The predicted octanol–water partition coefficient (Wildman–Crippen LogP) is -1.16. The summed E-state index contributed by atoms with van der Waals surface area (Å²) in [6.45, 7) is 2.03. The molecule has 1 aliphatic rings. The highest BCUT2D eigenvalue weighted by molar-refractivity contribution is 6.79. The van der Waals surface area contributed by atoms with Crippen molar-refractivity contribution >= 4 is 8.07 Å². The van der Waals surface area contributed by atoms with Crippen LogP contribution >= 0.6 is 0 Å². The third-order valence-corrected chi connectivity index (χ3v) is 6.13. The van der Waals surface area contributed by atoms with Gasteiger partial charge in [0.05, 0.1) is 13.2 Å². The summed E-state index contributed by atoms with van der Waals surface area (Å²) in [5.74, 6) is 0. The summed E-state index contributed by atoms with van der Waals surface area (Å²) in [5.41, 5.74) is 0. The van der Waals surface area contributed by atoms with Crippen molar-refractivity contribution in [2.45, 2.75) is 18.6 Å². The van der Waals surface area contributed by atoms with Crippen molar-refractivity contribution in [2.24, 2.45) is 0 Å². The second kappa shape index (κ2) is 6.57. The van der Waals surface area contributed by atoms with E-state index in [1.165, 1.54) is 0 Å². The van der Waals surface area contributed by atoms with E-state index in [4.69, 9.17) is 24.8 Å². The molecule has 1 saturated heterocycles. The molecular formula is C9H20O5Si. The molecule has 0 aliphatic carbocycles. The lowest BCUT2D eigenvalue weighted by Gasteiger charge is -2.24. The molecule has 0 spiro atoms. The highest BCUT2D eigenvalue weighted by Crippen LogP contribution is 2.12. The Balaban J connectivity index is 2.04. The van der Waals surface area contributed by atoms with E-state index in [2.05, 4.69) is 0 Å². The van der Waals surface area contributed by atoms with Gasteiger partial charge in [-0.15, -0.1) is 0 Å². The van der Waals surface area contributed by atoms with Gasteiger partial charge in [-0.2, -0.15) is 0 Å². The van der Waals surface area contributed by atoms with Gasteiger partial charge in [0.25, 0.3) is 0 Å². The van der Waals surface area contributed by atoms with Gasteiger partial charge in [0.1, 0.15) is 14.2 Å². The summed E-state index contributed by atoms with van der Waals surface area (Å²) >= 11 is 0. The van der Waals surface area contributed by atoms with Crippen LogP contribution in [0, 0.1) is 0 Å². The highest BCUT2D eigenvalue weighted by Gasteiger charge is 2.30. The highest BCUT2D eigenvalue weighted by atomic mass is 28.3. The minimum Gasteiger partial charge on any atom is -0.399 e. The summed E-state index contributed by atoms with van der Waals surface area (Å²) in [4.78, 5) is 0. The van der Waals surface area contributed by atoms with Crippen LogP contribution in [0.15, 0.2) is 0 Å². The SMILES string of the molecule is OC[Si](CO)(CO)CCCOCC1CO1. The first-order valence-electron chi connectivity index (χ1n) is 5.28.